The van der Waals surface area contributed by atoms with Crippen molar-refractivity contribution in [3.63, 3.8) is 0 Å². The highest BCUT2D eigenvalue weighted by molar-refractivity contribution is 6.30. The van der Waals surface area contributed by atoms with Gasteiger partial charge in [0.2, 0.25) is 0 Å². The number of aryl methyl sites for hydroxylation is 1. The number of rotatable bonds is 13. The van der Waals surface area contributed by atoms with Crippen molar-refractivity contribution in [1.29, 1.82) is 0 Å². The summed E-state index contributed by atoms with van der Waals surface area (Å²) in [5, 5.41) is 4.12. The number of carbonyl (C=O) groups excluding carboxylic acids is 1. The van der Waals surface area contributed by atoms with Crippen LogP contribution >= 0.6 is 11.6 Å². The predicted octanol–water partition coefficient (Wildman–Crippen LogP) is 10.3. The van der Waals surface area contributed by atoms with Gasteiger partial charge in [-0.15, -0.1) is 0 Å². The Morgan fingerprint density at radius 3 is 2.60 bits per heavy atom. The molecule has 5 heteroatoms. The molecule has 1 aliphatic rings. The van der Waals surface area contributed by atoms with E-state index in [9.17, 15) is 4.79 Å². The van der Waals surface area contributed by atoms with Gasteiger partial charge in [-0.2, -0.15) is 0 Å². The molecule has 4 nitrogen and oxygen atoms in total. The summed E-state index contributed by atoms with van der Waals surface area (Å²) < 4.78 is 5.74. The minimum atomic E-state index is 0.163. The maximum Gasteiger partial charge on any atom is 0.166 e. The minimum absolute atomic E-state index is 0.163. The van der Waals surface area contributed by atoms with Crippen LogP contribution in [0.2, 0.25) is 5.02 Å². The molecule has 0 aliphatic carbocycles. The number of hydrogen-bond acceptors (Lipinski definition) is 4. The average Bonchev–Trinajstić information content (AvgIpc) is 3.47. The van der Waals surface area contributed by atoms with Gasteiger partial charge in [0, 0.05) is 34.7 Å². The van der Waals surface area contributed by atoms with Crippen molar-refractivity contribution in [2.75, 3.05) is 11.9 Å². The average molecular weight is 593 g/mol. The second kappa shape index (κ2) is 14.5. The van der Waals surface area contributed by atoms with E-state index < -0.39 is 0 Å². The Hall–Kier alpha value is -3.89. The van der Waals surface area contributed by atoms with Crippen LogP contribution in [0.25, 0.3) is 11.3 Å². The Labute approximate surface area is 261 Å². The van der Waals surface area contributed by atoms with Gasteiger partial charge in [0.25, 0.3) is 0 Å². The van der Waals surface area contributed by atoms with E-state index in [4.69, 9.17) is 21.3 Å². The molecular formula is C38H41ClN2O2. The second-order valence-corrected chi connectivity index (χ2v) is 12.1. The third-order valence-corrected chi connectivity index (χ3v) is 8.35. The van der Waals surface area contributed by atoms with Crippen LogP contribution in [0.3, 0.4) is 0 Å². The number of ether oxygens (including phenoxy) is 1. The molecule has 3 aromatic carbocycles. The zero-order chi connectivity index (χ0) is 30.2. The molecule has 1 N–H and O–H groups in total. The van der Waals surface area contributed by atoms with E-state index in [0.29, 0.717) is 17.4 Å². The Bertz CT molecular complexity index is 1580. The van der Waals surface area contributed by atoms with E-state index >= 15 is 0 Å². The fourth-order valence-electron chi connectivity index (χ4n) is 5.62. The highest BCUT2D eigenvalue weighted by atomic mass is 35.5. The first-order valence-electron chi connectivity index (χ1n) is 15.4. The SMILES string of the molecule is CCCC(=CCCC(C)Cc1ccc2c(c1)OCC2)CC(=O)c1ccc(Nc2nc(-c3ccc(Cl)cc3)ccc2C)cc1. The van der Waals surface area contributed by atoms with Crippen molar-refractivity contribution in [2.45, 2.75) is 65.7 Å². The van der Waals surface area contributed by atoms with Crippen LogP contribution in [0.15, 0.2) is 90.5 Å². The molecule has 0 bridgehead atoms. The Balaban J connectivity index is 1.16. The second-order valence-electron chi connectivity index (χ2n) is 11.7. The number of Topliss-reactive ketones (excluding diaryl/α,β-unsaturated/α-hetero) is 1. The van der Waals surface area contributed by atoms with E-state index in [1.165, 1.54) is 16.7 Å². The summed E-state index contributed by atoms with van der Waals surface area (Å²) in [5.74, 6) is 2.58. The van der Waals surface area contributed by atoms with E-state index in [1.54, 1.807) is 0 Å². The third kappa shape index (κ3) is 8.36. The van der Waals surface area contributed by atoms with Gasteiger partial charge in [-0.1, -0.05) is 73.9 Å². The molecule has 0 fully saturated rings. The molecule has 0 saturated heterocycles. The summed E-state index contributed by atoms with van der Waals surface area (Å²) in [6.45, 7) is 7.32. The molecule has 1 unspecified atom stereocenters. The highest BCUT2D eigenvalue weighted by Gasteiger charge is 2.14. The number of fused-ring (bicyclic) bond motifs is 1. The number of pyridine rings is 1. The van der Waals surface area contributed by atoms with Crippen molar-refractivity contribution in [3.05, 3.63) is 118 Å². The molecule has 0 saturated carbocycles. The number of anilines is 2. The number of nitrogens with zero attached hydrogens (tertiary/aromatic N) is 1. The smallest absolute Gasteiger partial charge is 0.166 e. The van der Waals surface area contributed by atoms with Gasteiger partial charge in [-0.3, -0.25) is 4.79 Å². The molecule has 2 heterocycles. The maximum atomic E-state index is 13.2. The molecule has 1 atom stereocenters. The number of aromatic nitrogens is 1. The molecular weight excluding hydrogens is 552 g/mol. The van der Waals surface area contributed by atoms with E-state index in [1.807, 2.05) is 61.5 Å². The summed E-state index contributed by atoms with van der Waals surface area (Å²) in [4.78, 5) is 18.0. The first kappa shape index (κ1) is 30.6. The zero-order valence-corrected chi connectivity index (χ0v) is 26.2. The number of carbonyl (C=O) groups is 1. The summed E-state index contributed by atoms with van der Waals surface area (Å²) in [7, 11) is 0. The molecule has 0 spiro atoms. The fourth-order valence-corrected chi connectivity index (χ4v) is 5.75. The van der Waals surface area contributed by atoms with Crippen molar-refractivity contribution in [1.82, 2.24) is 4.98 Å². The quantitative estimate of drug-likeness (QED) is 0.124. The zero-order valence-electron chi connectivity index (χ0n) is 25.5. The van der Waals surface area contributed by atoms with Crippen molar-refractivity contribution < 1.29 is 9.53 Å². The van der Waals surface area contributed by atoms with Crippen LogP contribution < -0.4 is 10.1 Å². The number of nitrogens with one attached hydrogen (secondary N) is 1. The molecule has 1 aliphatic heterocycles. The fraction of sp³-hybridized carbons (Fsp3) is 0.316. The largest absolute Gasteiger partial charge is 0.493 e. The Kier molecular flexibility index (Phi) is 10.3. The van der Waals surface area contributed by atoms with Crippen LogP contribution in [0, 0.1) is 12.8 Å². The first-order chi connectivity index (χ1) is 20.9. The number of benzene rings is 3. The molecule has 222 valence electrons. The van der Waals surface area contributed by atoms with Gasteiger partial charge in [-0.25, -0.2) is 4.98 Å². The van der Waals surface area contributed by atoms with Gasteiger partial charge >= 0.3 is 0 Å². The monoisotopic (exact) mass is 592 g/mol. The number of hydrogen-bond donors (Lipinski definition) is 1. The first-order valence-corrected chi connectivity index (χ1v) is 15.8. The van der Waals surface area contributed by atoms with Crippen LogP contribution in [0.1, 0.15) is 73.0 Å². The Morgan fingerprint density at radius 2 is 1.84 bits per heavy atom. The summed E-state index contributed by atoms with van der Waals surface area (Å²) in [5.41, 5.74) is 8.47. The molecule has 0 amide bonds. The number of allylic oxidation sites excluding steroid dienone is 2. The van der Waals surface area contributed by atoms with Crippen LogP contribution in [0.5, 0.6) is 5.75 Å². The molecule has 1 aromatic heterocycles. The molecule has 0 radical (unpaired) electrons. The van der Waals surface area contributed by atoms with Crippen molar-refractivity contribution in [2.24, 2.45) is 5.92 Å². The number of halogens is 1. The third-order valence-electron chi connectivity index (χ3n) is 8.10. The summed E-state index contributed by atoms with van der Waals surface area (Å²) in [6.07, 6.45) is 8.94. The lowest BCUT2D eigenvalue weighted by molar-refractivity contribution is 0.0992. The van der Waals surface area contributed by atoms with Crippen LogP contribution in [0.4, 0.5) is 11.5 Å². The minimum Gasteiger partial charge on any atom is -0.493 e. The predicted molar refractivity (Wildman–Crippen MR) is 179 cm³/mol. The van der Waals surface area contributed by atoms with Gasteiger partial charge < -0.3 is 10.1 Å². The highest BCUT2D eigenvalue weighted by Crippen LogP contribution is 2.29. The van der Waals surface area contributed by atoms with Gasteiger partial charge in [0.15, 0.2) is 5.78 Å². The summed E-state index contributed by atoms with van der Waals surface area (Å²) >= 11 is 6.05. The normalized spacial score (nSPS) is 13.3. The summed E-state index contributed by atoms with van der Waals surface area (Å²) in [6, 6.07) is 26.2. The van der Waals surface area contributed by atoms with E-state index in [-0.39, 0.29) is 5.78 Å². The lowest BCUT2D eigenvalue weighted by Gasteiger charge is -2.13. The molecule has 4 aromatic rings. The number of ketones is 1. The van der Waals surface area contributed by atoms with Gasteiger partial charge in [0.1, 0.15) is 11.6 Å². The lowest BCUT2D eigenvalue weighted by Crippen LogP contribution is -2.03. The lowest BCUT2D eigenvalue weighted by atomic mass is 9.93. The van der Waals surface area contributed by atoms with E-state index in [0.717, 1.165) is 84.8 Å². The van der Waals surface area contributed by atoms with Crippen LogP contribution in [-0.4, -0.2) is 17.4 Å². The standard InChI is InChI=1S/C38H41ClN2O2/c1-4-6-28(8-5-7-26(2)23-29-10-11-32-21-22-43-37(32)25-29)24-36(42)31-14-18-34(19-15-31)40-38-27(3)9-20-35(41-38)30-12-16-33(39)17-13-30/h8-20,25-26H,4-7,21-24H2,1-3H3,(H,40,41). The van der Waals surface area contributed by atoms with E-state index in [2.05, 4.69) is 49.5 Å². The van der Waals surface area contributed by atoms with Gasteiger partial charge in [-0.05, 0) is 104 Å². The molecule has 43 heavy (non-hydrogen) atoms. The van der Waals surface area contributed by atoms with Crippen LogP contribution in [-0.2, 0) is 12.8 Å². The topological polar surface area (TPSA) is 51.2 Å². The van der Waals surface area contributed by atoms with Crippen molar-refractivity contribution in [3.8, 4) is 17.0 Å². The molecule has 5 rings (SSSR count). The van der Waals surface area contributed by atoms with Gasteiger partial charge in [0.05, 0.1) is 12.3 Å². The Morgan fingerprint density at radius 1 is 1.05 bits per heavy atom. The van der Waals surface area contributed by atoms with Crippen molar-refractivity contribution >= 4 is 28.9 Å². The maximum absolute atomic E-state index is 13.2.